The summed E-state index contributed by atoms with van der Waals surface area (Å²) in [5, 5.41) is 1.05. The molecule has 0 radical (unpaired) electrons. The Morgan fingerprint density at radius 1 is 1.26 bits per heavy atom. The number of hydrogen-bond acceptors (Lipinski definition) is 4. The van der Waals surface area contributed by atoms with Crippen LogP contribution in [0.3, 0.4) is 0 Å². The van der Waals surface area contributed by atoms with Crippen molar-refractivity contribution in [3.63, 3.8) is 0 Å². The maximum Gasteiger partial charge on any atom is 0.180 e. The van der Waals surface area contributed by atoms with Gasteiger partial charge in [0, 0.05) is 17.7 Å². The number of rotatable bonds is 7. The summed E-state index contributed by atoms with van der Waals surface area (Å²) in [6.07, 6.45) is 0.282. The van der Waals surface area contributed by atoms with Crippen LogP contribution in [-0.4, -0.2) is 24.8 Å². The van der Waals surface area contributed by atoms with Gasteiger partial charge >= 0.3 is 0 Å². The number of Topliss-reactive ketones (excluding diaryl/α,β-unsaturated/α-hetero) is 2. The van der Waals surface area contributed by atoms with Gasteiger partial charge < -0.3 is 4.74 Å². The van der Waals surface area contributed by atoms with Crippen molar-refractivity contribution in [3.05, 3.63) is 35.2 Å². The van der Waals surface area contributed by atoms with Crippen LogP contribution in [0, 0.1) is 0 Å². The van der Waals surface area contributed by atoms with Gasteiger partial charge in [-0.2, -0.15) is 0 Å². The first-order valence-electron chi connectivity index (χ1n) is 6.32. The molecule has 0 aliphatic carbocycles. The van der Waals surface area contributed by atoms with E-state index in [-0.39, 0.29) is 18.0 Å². The summed E-state index contributed by atoms with van der Waals surface area (Å²) in [4.78, 5) is 24.3. The Labute approximate surface area is 116 Å². The maximum atomic E-state index is 12.0. The Morgan fingerprint density at radius 2 is 2.05 bits per heavy atom. The lowest BCUT2D eigenvalue weighted by Gasteiger charge is -1.99. The minimum atomic E-state index is -0.0947. The van der Waals surface area contributed by atoms with E-state index in [9.17, 15) is 9.59 Å². The number of fused-ring (bicyclic) bond motifs is 1. The summed E-state index contributed by atoms with van der Waals surface area (Å²) in [5.41, 5.74) is 0. The molecule has 2 aromatic rings. The molecule has 1 heterocycles. The monoisotopic (exact) mass is 276 g/mol. The molecule has 0 aliphatic heterocycles. The molecule has 3 nitrogen and oxygen atoms in total. The molecule has 0 bridgehead atoms. The Kier molecular flexibility index (Phi) is 4.82. The summed E-state index contributed by atoms with van der Waals surface area (Å²) < 4.78 is 6.19. The topological polar surface area (TPSA) is 43.4 Å². The lowest BCUT2D eigenvalue weighted by Crippen LogP contribution is -2.09. The minimum Gasteiger partial charge on any atom is -0.381 e. The number of ketones is 2. The predicted octanol–water partition coefficient (Wildman–Crippen LogP) is 3.47. The molecule has 1 aromatic heterocycles. The SMILES string of the molecule is CCOCCC(=O)CC(=O)c1cc2ccccc2s1. The van der Waals surface area contributed by atoms with Crippen molar-refractivity contribution in [2.75, 3.05) is 13.2 Å². The van der Waals surface area contributed by atoms with Gasteiger partial charge in [0.1, 0.15) is 5.78 Å². The molecule has 0 unspecified atom stereocenters. The molecule has 0 fully saturated rings. The van der Waals surface area contributed by atoms with Gasteiger partial charge in [0.05, 0.1) is 17.9 Å². The van der Waals surface area contributed by atoms with Crippen molar-refractivity contribution in [1.82, 2.24) is 0 Å². The molecule has 0 aliphatic rings. The third-order valence-corrected chi connectivity index (χ3v) is 3.94. The van der Waals surface area contributed by atoms with E-state index in [1.807, 2.05) is 37.3 Å². The van der Waals surface area contributed by atoms with E-state index in [0.717, 1.165) is 10.1 Å². The molecule has 2 rings (SSSR count). The molecular weight excluding hydrogens is 260 g/mol. The first kappa shape index (κ1) is 13.9. The second-order valence-corrected chi connectivity index (χ2v) is 5.32. The summed E-state index contributed by atoms with van der Waals surface area (Å²) in [5.74, 6) is -0.154. The highest BCUT2D eigenvalue weighted by Gasteiger charge is 2.14. The zero-order chi connectivity index (χ0) is 13.7. The lowest BCUT2D eigenvalue weighted by atomic mass is 10.1. The van der Waals surface area contributed by atoms with Gasteiger partial charge in [-0.25, -0.2) is 0 Å². The highest BCUT2D eigenvalue weighted by molar-refractivity contribution is 7.20. The van der Waals surface area contributed by atoms with Gasteiger partial charge in [0.2, 0.25) is 0 Å². The highest BCUT2D eigenvalue weighted by atomic mass is 32.1. The standard InChI is InChI=1S/C15H16O3S/c1-2-18-8-7-12(16)10-13(17)15-9-11-5-3-4-6-14(11)19-15/h3-6,9H,2,7-8,10H2,1H3. The number of carbonyl (C=O) groups is 2. The third kappa shape index (κ3) is 3.72. The smallest absolute Gasteiger partial charge is 0.180 e. The van der Waals surface area contributed by atoms with Crippen molar-refractivity contribution < 1.29 is 14.3 Å². The normalized spacial score (nSPS) is 10.8. The van der Waals surface area contributed by atoms with Crippen molar-refractivity contribution in [2.24, 2.45) is 0 Å². The quantitative estimate of drug-likeness (QED) is 0.442. The molecule has 0 amide bonds. The van der Waals surface area contributed by atoms with E-state index in [2.05, 4.69) is 0 Å². The van der Waals surface area contributed by atoms with Crippen LogP contribution in [0.15, 0.2) is 30.3 Å². The number of ether oxygens (including phenoxy) is 1. The Morgan fingerprint density at radius 3 is 2.79 bits per heavy atom. The summed E-state index contributed by atoms with van der Waals surface area (Å²) in [6.45, 7) is 2.87. The van der Waals surface area contributed by atoms with Crippen LogP contribution >= 0.6 is 11.3 Å². The maximum absolute atomic E-state index is 12.0. The molecule has 0 N–H and O–H groups in total. The Balaban J connectivity index is 1.97. The summed E-state index contributed by atoms with van der Waals surface area (Å²) >= 11 is 1.44. The Hall–Kier alpha value is -1.52. The van der Waals surface area contributed by atoms with E-state index in [4.69, 9.17) is 4.74 Å². The largest absolute Gasteiger partial charge is 0.381 e. The number of thiophene rings is 1. The second kappa shape index (κ2) is 6.59. The van der Waals surface area contributed by atoms with Gasteiger partial charge in [-0.1, -0.05) is 18.2 Å². The number of benzene rings is 1. The molecule has 0 saturated carbocycles. The van der Waals surface area contributed by atoms with Crippen LogP contribution < -0.4 is 0 Å². The van der Waals surface area contributed by atoms with E-state index >= 15 is 0 Å². The molecule has 4 heteroatoms. The molecule has 0 spiro atoms. The summed E-state index contributed by atoms with van der Waals surface area (Å²) in [7, 11) is 0. The lowest BCUT2D eigenvalue weighted by molar-refractivity contribution is -0.119. The fourth-order valence-corrected chi connectivity index (χ4v) is 2.80. The van der Waals surface area contributed by atoms with Crippen LogP contribution in [0.4, 0.5) is 0 Å². The van der Waals surface area contributed by atoms with Crippen LogP contribution in [-0.2, 0) is 9.53 Å². The fraction of sp³-hybridized carbons (Fsp3) is 0.333. The van der Waals surface area contributed by atoms with E-state index < -0.39 is 0 Å². The zero-order valence-corrected chi connectivity index (χ0v) is 11.7. The third-order valence-electron chi connectivity index (χ3n) is 2.79. The number of carbonyl (C=O) groups excluding carboxylic acids is 2. The van der Waals surface area contributed by atoms with Gasteiger partial charge in [-0.3, -0.25) is 9.59 Å². The zero-order valence-electron chi connectivity index (χ0n) is 10.8. The van der Waals surface area contributed by atoms with Crippen molar-refractivity contribution in [3.8, 4) is 0 Å². The molecule has 0 saturated heterocycles. The second-order valence-electron chi connectivity index (χ2n) is 4.23. The molecule has 19 heavy (non-hydrogen) atoms. The van der Waals surface area contributed by atoms with Crippen molar-refractivity contribution >= 4 is 33.0 Å². The first-order valence-corrected chi connectivity index (χ1v) is 7.13. The van der Waals surface area contributed by atoms with Gasteiger partial charge in [0.25, 0.3) is 0 Å². The number of hydrogen-bond donors (Lipinski definition) is 0. The average molecular weight is 276 g/mol. The van der Waals surface area contributed by atoms with E-state index in [1.165, 1.54) is 11.3 Å². The van der Waals surface area contributed by atoms with E-state index in [0.29, 0.717) is 24.5 Å². The van der Waals surface area contributed by atoms with Crippen LogP contribution in [0.2, 0.25) is 0 Å². The highest BCUT2D eigenvalue weighted by Crippen LogP contribution is 2.26. The predicted molar refractivity (Wildman–Crippen MR) is 76.9 cm³/mol. The summed E-state index contributed by atoms with van der Waals surface area (Å²) in [6, 6.07) is 9.70. The van der Waals surface area contributed by atoms with Crippen LogP contribution in [0.1, 0.15) is 29.4 Å². The molecule has 1 aromatic carbocycles. The average Bonchev–Trinajstić information content (AvgIpc) is 2.83. The van der Waals surface area contributed by atoms with E-state index in [1.54, 1.807) is 0 Å². The molecule has 100 valence electrons. The first-order chi connectivity index (χ1) is 9.20. The van der Waals surface area contributed by atoms with Crippen LogP contribution in [0.5, 0.6) is 0 Å². The fourth-order valence-electron chi connectivity index (χ4n) is 1.80. The molecular formula is C15H16O3S. The minimum absolute atomic E-state index is 0.0279. The van der Waals surface area contributed by atoms with Gasteiger partial charge in [0.15, 0.2) is 5.78 Å². The van der Waals surface area contributed by atoms with Gasteiger partial charge in [-0.05, 0) is 24.4 Å². The van der Waals surface area contributed by atoms with Gasteiger partial charge in [-0.15, -0.1) is 11.3 Å². The van der Waals surface area contributed by atoms with Crippen molar-refractivity contribution in [2.45, 2.75) is 19.8 Å². The van der Waals surface area contributed by atoms with Crippen LogP contribution in [0.25, 0.3) is 10.1 Å². The Bertz CT molecular complexity index is 553. The van der Waals surface area contributed by atoms with Crippen molar-refractivity contribution in [1.29, 1.82) is 0 Å². The molecule has 0 atom stereocenters.